The Morgan fingerprint density at radius 1 is 1.25 bits per heavy atom. The van der Waals surface area contributed by atoms with Gasteiger partial charge in [-0.15, -0.1) is 0 Å². The van der Waals surface area contributed by atoms with Crippen molar-refractivity contribution in [2.24, 2.45) is 28.6 Å². The zero-order valence-corrected chi connectivity index (χ0v) is 10.8. The van der Waals surface area contributed by atoms with Gasteiger partial charge in [-0.3, -0.25) is 4.79 Å². The molecule has 0 spiro atoms. The number of carbonyl (C=O) groups is 1. The van der Waals surface area contributed by atoms with Crippen LogP contribution in [0.2, 0.25) is 0 Å². The maximum Gasteiger partial charge on any atom is 0.159 e. The molecule has 3 aliphatic rings. The van der Waals surface area contributed by atoms with Crippen molar-refractivity contribution in [3.8, 4) is 0 Å². The number of ketones is 1. The molecular weight excluding hydrogens is 196 g/mol. The molecule has 3 rings (SSSR count). The van der Waals surface area contributed by atoms with E-state index >= 15 is 0 Å². The highest BCUT2D eigenvalue weighted by Gasteiger charge is 2.67. The maximum atomic E-state index is 12.2. The zero-order valence-electron chi connectivity index (χ0n) is 10.8. The van der Waals surface area contributed by atoms with Crippen LogP contribution in [-0.2, 0) is 4.79 Å². The minimum Gasteiger partial charge on any atom is -0.295 e. The fraction of sp³-hybridized carbons (Fsp3) is 0.800. The molecule has 0 amide bonds. The normalized spacial score (nSPS) is 43.1. The lowest BCUT2D eigenvalue weighted by Crippen LogP contribution is -2.36. The second-order valence-electron chi connectivity index (χ2n) is 7.25. The van der Waals surface area contributed by atoms with Crippen molar-refractivity contribution in [2.75, 3.05) is 0 Å². The molecule has 2 fully saturated rings. The van der Waals surface area contributed by atoms with Gasteiger partial charge in [0.1, 0.15) is 0 Å². The van der Waals surface area contributed by atoms with Crippen molar-refractivity contribution in [1.29, 1.82) is 0 Å². The summed E-state index contributed by atoms with van der Waals surface area (Å²) in [7, 11) is 0. The molecule has 1 nitrogen and oxygen atoms in total. The molecule has 0 radical (unpaired) electrons. The summed E-state index contributed by atoms with van der Waals surface area (Å²) in [5.74, 6) is 2.43. The SMILES string of the molecule is CC1(C)CCC=C2C(=O)C[C@@H]3[C@@H]([C@@H]21)C3(C)C. The van der Waals surface area contributed by atoms with Crippen LogP contribution in [0.4, 0.5) is 0 Å². The molecular formula is C15H22O. The standard InChI is InChI=1S/C15H22O/c1-14(2)7-5-6-9-11(16)8-10-13(12(9)14)15(10,3)4/h6,10,12-13H,5,7-8H2,1-4H3/t10-,12-,13+/m1/s1. The van der Waals surface area contributed by atoms with Crippen molar-refractivity contribution >= 4 is 5.78 Å². The molecule has 0 saturated heterocycles. The van der Waals surface area contributed by atoms with E-state index in [1.165, 1.54) is 12.0 Å². The molecule has 0 unspecified atom stereocenters. The molecule has 88 valence electrons. The number of Topliss-reactive ketones (excluding diaryl/α,β-unsaturated/α-hetero) is 1. The first-order chi connectivity index (χ1) is 7.36. The highest BCUT2D eigenvalue weighted by molar-refractivity contribution is 5.98. The molecule has 0 N–H and O–H groups in total. The Morgan fingerprint density at radius 2 is 1.94 bits per heavy atom. The van der Waals surface area contributed by atoms with Crippen molar-refractivity contribution < 1.29 is 4.79 Å². The summed E-state index contributed by atoms with van der Waals surface area (Å²) < 4.78 is 0. The van der Waals surface area contributed by atoms with Crippen LogP contribution >= 0.6 is 0 Å². The van der Waals surface area contributed by atoms with Gasteiger partial charge in [0.15, 0.2) is 5.78 Å². The van der Waals surface area contributed by atoms with Gasteiger partial charge in [-0.2, -0.15) is 0 Å². The first-order valence-electron chi connectivity index (χ1n) is 6.59. The maximum absolute atomic E-state index is 12.2. The third kappa shape index (κ3) is 1.15. The lowest BCUT2D eigenvalue weighted by atomic mass is 9.62. The van der Waals surface area contributed by atoms with Crippen molar-refractivity contribution in [1.82, 2.24) is 0 Å². The lowest BCUT2D eigenvalue weighted by molar-refractivity contribution is -0.118. The number of allylic oxidation sites excluding steroid dienone is 2. The minimum absolute atomic E-state index is 0.330. The van der Waals surface area contributed by atoms with Crippen molar-refractivity contribution in [3.63, 3.8) is 0 Å². The molecule has 16 heavy (non-hydrogen) atoms. The second-order valence-corrected chi connectivity index (χ2v) is 7.25. The zero-order chi connectivity index (χ0) is 11.7. The number of carbonyl (C=O) groups excluding carboxylic acids is 1. The van der Waals surface area contributed by atoms with Gasteiger partial charge in [-0.1, -0.05) is 33.8 Å². The highest BCUT2D eigenvalue weighted by Crippen LogP contribution is 2.71. The van der Waals surface area contributed by atoms with E-state index in [4.69, 9.17) is 0 Å². The molecule has 0 aliphatic heterocycles. The molecule has 3 aliphatic carbocycles. The van der Waals surface area contributed by atoms with Gasteiger partial charge in [0.25, 0.3) is 0 Å². The molecule has 0 aromatic rings. The van der Waals surface area contributed by atoms with E-state index in [0.29, 0.717) is 28.4 Å². The van der Waals surface area contributed by atoms with Crippen LogP contribution in [0, 0.1) is 28.6 Å². The summed E-state index contributed by atoms with van der Waals surface area (Å²) in [5.41, 5.74) is 1.92. The molecule has 0 bridgehead atoms. The van der Waals surface area contributed by atoms with Crippen LogP contribution < -0.4 is 0 Å². The summed E-state index contributed by atoms with van der Waals surface area (Å²) in [4.78, 5) is 12.2. The average Bonchev–Trinajstić information content (AvgIpc) is 2.68. The van der Waals surface area contributed by atoms with E-state index in [1.54, 1.807) is 0 Å². The van der Waals surface area contributed by atoms with Gasteiger partial charge < -0.3 is 0 Å². The quantitative estimate of drug-likeness (QED) is 0.607. The van der Waals surface area contributed by atoms with Gasteiger partial charge >= 0.3 is 0 Å². The van der Waals surface area contributed by atoms with Crippen LogP contribution in [0.5, 0.6) is 0 Å². The fourth-order valence-corrected chi connectivity index (χ4v) is 4.43. The Kier molecular flexibility index (Phi) is 1.85. The molecule has 3 atom stereocenters. The van der Waals surface area contributed by atoms with Crippen LogP contribution in [0.1, 0.15) is 47.0 Å². The van der Waals surface area contributed by atoms with Gasteiger partial charge in [0.2, 0.25) is 0 Å². The number of rotatable bonds is 0. The largest absolute Gasteiger partial charge is 0.295 e. The van der Waals surface area contributed by atoms with Crippen LogP contribution in [0.15, 0.2) is 11.6 Å². The van der Waals surface area contributed by atoms with Gasteiger partial charge in [0, 0.05) is 6.42 Å². The summed E-state index contributed by atoms with van der Waals surface area (Å²) in [6, 6.07) is 0. The Bertz CT molecular complexity index is 386. The monoisotopic (exact) mass is 218 g/mol. The predicted molar refractivity (Wildman–Crippen MR) is 65.0 cm³/mol. The third-order valence-corrected chi connectivity index (χ3v) is 5.56. The van der Waals surface area contributed by atoms with Gasteiger partial charge in [-0.25, -0.2) is 0 Å². The Labute approximate surface area is 98.3 Å². The minimum atomic E-state index is 0.330. The average molecular weight is 218 g/mol. The van der Waals surface area contributed by atoms with Crippen LogP contribution in [-0.4, -0.2) is 5.78 Å². The third-order valence-electron chi connectivity index (χ3n) is 5.56. The Hall–Kier alpha value is -0.590. The highest BCUT2D eigenvalue weighted by atomic mass is 16.1. The van der Waals surface area contributed by atoms with Crippen LogP contribution in [0.3, 0.4) is 0 Å². The Morgan fingerprint density at radius 3 is 2.62 bits per heavy atom. The van der Waals surface area contributed by atoms with E-state index in [0.717, 1.165) is 18.8 Å². The van der Waals surface area contributed by atoms with E-state index < -0.39 is 0 Å². The van der Waals surface area contributed by atoms with Gasteiger partial charge in [-0.05, 0) is 47.0 Å². The summed E-state index contributed by atoms with van der Waals surface area (Å²) in [6.45, 7) is 9.41. The van der Waals surface area contributed by atoms with Crippen molar-refractivity contribution in [3.05, 3.63) is 11.6 Å². The summed E-state index contributed by atoms with van der Waals surface area (Å²) >= 11 is 0. The number of fused-ring (bicyclic) bond motifs is 3. The first-order valence-corrected chi connectivity index (χ1v) is 6.59. The van der Waals surface area contributed by atoms with E-state index in [9.17, 15) is 4.79 Å². The number of hydrogen-bond acceptors (Lipinski definition) is 1. The van der Waals surface area contributed by atoms with Crippen molar-refractivity contribution in [2.45, 2.75) is 47.0 Å². The topological polar surface area (TPSA) is 17.1 Å². The molecule has 2 saturated carbocycles. The van der Waals surface area contributed by atoms with E-state index in [1.807, 2.05) is 0 Å². The first kappa shape index (κ1) is 10.6. The van der Waals surface area contributed by atoms with E-state index in [2.05, 4.69) is 33.8 Å². The fourth-order valence-electron chi connectivity index (χ4n) is 4.43. The number of hydrogen-bond donors (Lipinski definition) is 0. The molecule has 0 aromatic carbocycles. The van der Waals surface area contributed by atoms with Gasteiger partial charge in [0.05, 0.1) is 0 Å². The lowest BCUT2D eigenvalue weighted by Gasteiger charge is -2.41. The smallest absolute Gasteiger partial charge is 0.159 e. The Balaban J connectivity index is 2.05. The van der Waals surface area contributed by atoms with E-state index in [-0.39, 0.29) is 0 Å². The predicted octanol–water partition coefficient (Wildman–Crippen LogP) is 3.59. The molecule has 0 aromatic heterocycles. The van der Waals surface area contributed by atoms with Crippen LogP contribution in [0.25, 0.3) is 0 Å². The molecule has 0 heterocycles. The summed E-state index contributed by atoms with van der Waals surface area (Å²) in [6.07, 6.45) is 5.40. The second kappa shape index (κ2) is 2.80. The summed E-state index contributed by atoms with van der Waals surface area (Å²) in [5, 5.41) is 0. The molecule has 1 heteroatoms.